The van der Waals surface area contributed by atoms with E-state index in [2.05, 4.69) is 4.99 Å². The summed E-state index contributed by atoms with van der Waals surface area (Å²) in [6.07, 6.45) is 3.26. The molecule has 94 valence electrons. The zero-order valence-electron chi connectivity index (χ0n) is 9.29. The number of aliphatic imine (C=N–C) groups is 1. The Morgan fingerprint density at radius 3 is 2.53 bits per heavy atom. The van der Waals surface area contributed by atoms with Crippen LogP contribution in [0.15, 0.2) is 16.1 Å². The number of piperidine rings is 1. The predicted octanol–water partition coefficient (Wildman–Crippen LogP) is 0.225. The summed E-state index contributed by atoms with van der Waals surface area (Å²) in [6.45, 7) is 1.91. The van der Waals surface area contributed by atoms with Gasteiger partial charge in [0, 0.05) is 0 Å². The van der Waals surface area contributed by atoms with Crippen molar-refractivity contribution in [3.05, 3.63) is 11.1 Å². The third-order valence-corrected chi connectivity index (χ3v) is 4.28. The number of hydrogen-bond acceptors (Lipinski definition) is 5. The molecule has 2 heterocycles. The Balaban J connectivity index is 2.11. The van der Waals surface area contributed by atoms with Crippen LogP contribution >= 0.6 is 0 Å². The second-order valence-electron chi connectivity index (χ2n) is 4.20. The molecule has 0 aromatic carbocycles. The standard InChI is InChI=1S/C10H14N2O4S/c13-10(14)8-7-17(15,16)9(11-8)6-12-4-2-1-3-5-12/h7H,1-6H2,(H,13,14). The lowest BCUT2D eigenvalue weighted by molar-refractivity contribution is -0.132. The Hall–Kier alpha value is -1.21. The fraction of sp³-hybridized carbons (Fsp3) is 0.600. The minimum Gasteiger partial charge on any atom is -0.476 e. The molecular weight excluding hydrogens is 244 g/mol. The number of carboxylic acids is 1. The van der Waals surface area contributed by atoms with Gasteiger partial charge in [0.1, 0.15) is 0 Å². The second kappa shape index (κ2) is 4.58. The van der Waals surface area contributed by atoms with E-state index in [1.54, 1.807) is 0 Å². The lowest BCUT2D eigenvalue weighted by Gasteiger charge is -2.25. The largest absolute Gasteiger partial charge is 0.476 e. The van der Waals surface area contributed by atoms with Gasteiger partial charge in [-0.3, -0.25) is 4.90 Å². The van der Waals surface area contributed by atoms with Crippen molar-refractivity contribution in [3.8, 4) is 0 Å². The van der Waals surface area contributed by atoms with Gasteiger partial charge >= 0.3 is 5.97 Å². The first kappa shape index (κ1) is 12.3. The van der Waals surface area contributed by atoms with E-state index in [4.69, 9.17) is 5.11 Å². The molecule has 2 aliphatic heterocycles. The Kier molecular flexibility index (Phi) is 3.30. The number of hydrogen-bond donors (Lipinski definition) is 1. The molecule has 0 aromatic heterocycles. The van der Waals surface area contributed by atoms with Crippen molar-refractivity contribution >= 4 is 20.9 Å². The first-order chi connectivity index (χ1) is 7.99. The number of likely N-dealkylation sites (tertiary alicyclic amines) is 1. The first-order valence-corrected chi connectivity index (χ1v) is 7.04. The molecule has 0 aliphatic carbocycles. The van der Waals surface area contributed by atoms with Crippen molar-refractivity contribution in [3.63, 3.8) is 0 Å². The summed E-state index contributed by atoms with van der Waals surface area (Å²) in [5, 5.41) is 9.40. The van der Waals surface area contributed by atoms with Crippen LogP contribution in [0.1, 0.15) is 19.3 Å². The maximum atomic E-state index is 11.7. The minimum atomic E-state index is -3.62. The predicted molar refractivity (Wildman–Crippen MR) is 62.4 cm³/mol. The summed E-state index contributed by atoms with van der Waals surface area (Å²) in [6, 6.07) is 0. The highest BCUT2D eigenvalue weighted by atomic mass is 32.2. The number of carbonyl (C=O) groups is 1. The SMILES string of the molecule is O=C(O)C1=CS(=O)(=O)C(CN2CCCCC2)=N1. The van der Waals surface area contributed by atoms with Crippen molar-refractivity contribution in [1.29, 1.82) is 0 Å². The molecule has 0 aromatic rings. The van der Waals surface area contributed by atoms with Crippen LogP contribution in [0.4, 0.5) is 0 Å². The summed E-state index contributed by atoms with van der Waals surface area (Å²) in [5.74, 6) is -1.30. The van der Waals surface area contributed by atoms with Crippen LogP contribution < -0.4 is 0 Å². The van der Waals surface area contributed by atoms with Gasteiger partial charge < -0.3 is 5.11 Å². The Morgan fingerprint density at radius 1 is 1.35 bits per heavy atom. The van der Waals surface area contributed by atoms with Crippen molar-refractivity contribution in [2.75, 3.05) is 19.6 Å². The van der Waals surface area contributed by atoms with Gasteiger partial charge in [-0.2, -0.15) is 0 Å². The van der Waals surface area contributed by atoms with E-state index < -0.39 is 21.5 Å². The topological polar surface area (TPSA) is 87.0 Å². The third kappa shape index (κ3) is 2.73. The van der Waals surface area contributed by atoms with Crippen molar-refractivity contribution in [1.82, 2.24) is 4.90 Å². The molecule has 0 atom stereocenters. The highest BCUT2D eigenvalue weighted by molar-refractivity contribution is 8.09. The molecule has 0 spiro atoms. The Bertz CT molecular complexity index is 486. The molecule has 6 nitrogen and oxygen atoms in total. The van der Waals surface area contributed by atoms with Crippen LogP contribution in [0, 0.1) is 0 Å². The summed E-state index contributed by atoms with van der Waals surface area (Å²) >= 11 is 0. The average Bonchev–Trinajstić information content (AvgIpc) is 2.56. The van der Waals surface area contributed by atoms with Gasteiger partial charge in [-0.05, 0) is 25.9 Å². The molecule has 1 saturated heterocycles. The Morgan fingerprint density at radius 2 is 2.00 bits per heavy atom. The number of nitrogens with zero attached hydrogens (tertiary/aromatic N) is 2. The molecule has 0 radical (unpaired) electrons. The quantitative estimate of drug-likeness (QED) is 0.782. The van der Waals surface area contributed by atoms with E-state index in [0.29, 0.717) is 0 Å². The molecule has 0 amide bonds. The smallest absolute Gasteiger partial charge is 0.355 e. The number of aliphatic carboxylic acids is 1. The summed E-state index contributed by atoms with van der Waals surface area (Å²) in [7, 11) is -3.62. The number of rotatable bonds is 3. The molecule has 1 fully saturated rings. The number of carboxylic acid groups (broad SMARTS) is 1. The highest BCUT2D eigenvalue weighted by Crippen LogP contribution is 2.17. The van der Waals surface area contributed by atoms with Crippen LogP contribution in [0.5, 0.6) is 0 Å². The fourth-order valence-electron chi connectivity index (χ4n) is 1.97. The van der Waals surface area contributed by atoms with Crippen molar-refractivity contribution in [2.24, 2.45) is 4.99 Å². The molecule has 17 heavy (non-hydrogen) atoms. The first-order valence-electron chi connectivity index (χ1n) is 5.49. The van der Waals surface area contributed by atoms with Crippen LogP contribution in [0.2, 0.25) is 0 Å². The molecule has 1 N–H and O–H groups in total. The van der Waals surface area contributed by atoms with E-state index in [-0.39, 0.29) is 11.6 Å². The normalized spacial score (nSPS) is 24.2. The van der Waals surface area contributed by atoms with Crippen LogP contribution in [-0.2, 0) is 14.6 Å². The second-order valence-corrected chi connectivity index (χ2v) is 5.99. The van der Waals surface area contributed by atoms with E-state index >= 15 is 0 Å². The molecular formula is C10H14N2O4S. The van der Waals surface area contributed by atoms with Crippen molar-refractivity contribution < 1.29 is 18.3 Å². The van der Waals surface area contributed by atoms with Gasteiger partial charge in [0.05, 0.1) is 12.0 Å². The van der Waals surface area contributed by atoms with E-state index in [1.165, 1.54) is 0 Å². The highest BCUT2D eigenvalue weighted by Gasteiger charge is 2.29. The molecule has 0 bridgehead atoms. The van der Waals surface area contributed by atoms with E-state index in [0.717, 1.165) is 37.8 Å². The fourth-order valence-corrected chi connectivity index (χ4v) is 3.14. The lowest BCUT2D eigenvalue weighted by atomic mass is 10.1. The third-order valence-electron chi connectivity index (χ3n) is 2.87. The minimum absolute atomic E-state index is 0.0446. The molecule has 0 saturated carbocycles. The van der Waals surface area contributed by atoms with E-state index in [1.807, 2.05) is 4.90 Å². The number of sulfone groups is 1. The summed E-state index contributed by atoms with van der Waals surface area (Å²) < 4.78 is 23.3. The van der Waals surface area contributed by atoms with Gasteiger partial charge in [0.15, 0.2) is 10.7 Å². The molecule has 7 heteroatoms. The molecule has 2 aliphatic rings. The van der Waals surface area contributed by atoms with E-state index in [9.17, 15) is 13.2 Å². The monoisotopic (exact) mass is 258 g/mol. The van der Waals surface area contributed by atoms with Crippen molar-refractivity contribution in [2.45, 2.75) is 19.3 Å². The summed E-state index contributed by atoms with van der Waals surface area (Å²) in [4.78, 5) is 16.4. The van der Waals surface area contributed by atoms with Gasteiger partial charge in [-0.1, -0.05) is 6.42 Å². The van der Waals surface area contributed by atoms with Crippen LogP contribution in [0.3, 0.4) is 0 Å². The zero-order chi connectivity index (χ0) is 12.5. The maximum absolute atomic E-state index is 11.7. The van der Waals surface area contributed by atoms with Crippen LogP contribution in [-0.4, -0.2) is 49.1 Å². The zero-order valence-corrected chi connectivity index (χ0v) is 10.1. The van der Waals surface area contributed by atoms with Gasteiger partial charge in [0.25, 0.3) is 0 Å². The maximum Gasteiger partial charge on any atom is 0.355 e. The summed E-state index contributed by atoms with van der Waals surface area (Å²) in [5.41, 5.74) is -0.392. The van der Waals surface area contributed by atoms with Gasteiger partial charge in [-0.15, -0.1) is 0 Å². The molecule has 2 rings (SSSR count). The van der Waals surface area contributed by atoms with Crippen LogP contribution in [0.25, 0.3) is 0 Å². The van der Waals surface area contributed by atoms with Gasteiger partial charge in [-0.25, -0.2) is 18.2 Å². The average molecular weight is 258 g/mol. The molecule has 0 unspecified atom stereocenters. The lowest BCUT2D eigenvalue weighted by Crippen LogP contribution is -2.36. The Labute approximate surface area is 99.6 Å². The van der Waals surface area contributed by atoms with Gasteiger partial charge in [0.2, 0.25) is 9.84 Å².